The fourth-order valence-electron chi connectivity index (χ4n) is 4.08. The number of rotatable bonds is 4. The summed E-state index contributed by atoms with van der Waals surface area (Å²) in [7, 11) is 0. The molecule has 2 aromatic heterocycles. The van der Waals surface area contributed by atoms with Crippen molar-refractivity contribution in [3.05, 3.63) is 103 Å². The summed E-state index contributed by atoms with van der Waals surface area (Å²) in [5.74, 6) is 0.116. The van der Waals surface area contributed by atoms with Gasteiger partial charge in [-0.15, -0.1) is 0 Å². The molecule has 2 aromatic carbocycles. The van der Waals surface area contributed by atoms with Crippen LogP contribution in [0.3, 0.4) is 0 Å². The second-order valence-corrected chi connectivity index (χ2v) is 8.40. The number of hydrogen-bond acceptors (Lipinski definition) is 6. The first-order chi connectivity index (χ1) is 15.6. The Labute approximate surface area is 187 Å². The van der Waals surface area contributed by atoms with Crippen LogP contribution >= 0.6 is 11.3 Å². The molecule has 0 amide bonds. The van der Waals surface area contributed by atoms with Gasteiger partial charge in [0.25, 0.3) is 5.56 Å². The normalized spacial score (nSPS) is 16.2. The number of fused-ring (bicyclic) bond motifs is 2. The number of furan rings is 1. The molecule has 0 saturated carbocycles. The average molecular weight is 445 g/mol. The van der Waals surface area contributed by atoms with Crippen LogP contribution in [-0.2, 0) is 9.53 Å². The van der Waals surface area contributed by atoms with Gasteiger partial charge in [-0.05, 0) is 42.3 Å². The summed E-state index contributed by atoms with van der Waals surface area (Å²) in [4.78, 5) is 31.7. The van der Waals surface area contributed by atoms with E-state index in [-0.39, 0.29) is 12.2 Å². The van der Waals surface area contributed by atoms with E-state index >= 15 is 0 Å². The highest BCUT2D eigenvalue weighted by Gasteiger charge is 2.34. The van der Waals surface area contributed by atoms with Crippen molar-refractivity contribution in [3.8, 4) is 0 Å². The number of benzene rings is 2. The Morgan fingerprint density at radius 3 is 2.78 bits per heavy atom. The van der Waals surface area contributed by atoms with Gasteiger partial charge in [0.15, 0.2) is 4.80 Å². The molecule has 0 radical (unpaired) electrons. The van der Waals surface area contributed by atoms with E-state index < -0.39 is 12.0 Å². The summed E-state index contributed by atoms with van der Waals surface area (Å²) < 4.78 is 12.9. The van der Waals surface area contributed by atoms with Crippen molar-refractivity contribution in [2.75, 3.05) is 6.61 Å². The molecule has 0 N–H and O–H groups in total. The largest absolute Gasteiger partial charge is 0.465 e. The third-order valence-electron chi connectivity index (χ3n) is 5.45. The van der Waals surface area contributed by atoms with E-state index in [9.17, 15) is 9.59 Å². The van der Waals surface area contributed by atoms with Crippen LogP contribution < -0.4 is 14.9 Å². The molecular formula is C25H20N2O4S. The first-order valence-corrected chi connectivity index (χ1v) is 11.1. The molecule has 6 nitrogen and oxygen atoms in total. The summed E-state index contributed by atoms with van der Waals surface area (Å²) in [6.45, 7) is 3.79. The molecule has 160 valence electrons. The minimum atomic E-state index is -0.643. The number of carbonyl (C=O) groups is 1. The first-order valence-electron chi connectivity index (χ1n) is 10.3. The standard InChI is InChI=1S/C25H20N2O4S/c1-3-30-24(29)21-15(2)26-25-27(23(28)20(32-25)14-17-10-7-13-31-17)22(21)19-12-6-9-16-8-4-5-11-18(16)19/h4-14,22H,3H2,1-2H3/b20-14-. The molecular weight excluding hydrogens is 424 g/mol. The summed E-state index contributed by atoms with van der Waals surface area (Å²) in [6.07, 6.45) is 3.26. The monoisotopic (exact) mass is 444 g/mol. The molecule has 1 aliphatic rings. The molecule has 1 unspecified atom stereocenters. The molecule has 0 saturated heterocycles. The van der Waals surface area contributed by atoms with Gasteiger partial charge in [-0.25, -0.2) is 9.79 Å². The van der Waals surface area contributed by atoms with E-state index in [1.807, 2.05) is 42.5 Å². The van der Waals surface area contributed by atoms with Crippen molar-refractivity contribution < 1.29 is 13.9 Å². The Balaban J connectivity index is 1.83. The number of thiazole rings is 1. The molecule has 1 aliphatic heterocycles. The summed E-state index contributed by atoms with van der Waals surface area (Å²) in [6, 6.07) is 16.8. The SMILES string of the molecule is CCOC(=O)C1=C(C)N=c2s/c(=C\c3ccco3)c(=O)n2C1c1cccc2ccccc12. The van der Waals surface area contributed by atoms with Crippen molar-refractivity contribution in [3.63, 3.8) is 0 Å². The Morgan fingerprint density at radius 2 is 2.00 bits per heavy atom. The maximum atomic E-state index is 13.6. The number of esters is 1. The van der Waals surface area contributed by atoms with E-state index in [0.29, 0.717) is 26.4 Å². The first kappa shape index (κ1) is 20.2. The average Bonchev–Trinajstić information content (AvgIpc) is 3.41. The zero-order valence-corrected chi connectivity index (χ0v) is 18.4. The molecule has 0 aliphatic carbocycles. The van der Waals surface area contributed by atoms with Crippen LogP contribution in [-0.4, -0.2) is 17.1 Å². The number of allylic oxidation sites excluding steroid dienone is 1. The topological polar surface area (TPSA) is 73.8 Å². The van der Waals surface area contributed by atoms with Crippen LogP contribution in [0.15, 0.2) is 86.3 Å². The fourth-order valence-corrected chi connectivity index (χ4v) is 5.10. The third-order valence-corrected chi connectivity index (χ3v) is 6.43. The van der Waals surface area contributed by atoms with Crippen LogP contribution in [0.5, 0.6) is 0 Å². The second kappa shape index (κ2) is 8.09. The van der Waals surface area contributed by atoms with E-state index in [1.54, 1.807) is 42.9 Å². The van der Waals surface area contributed by atoms with Gasteiger partial charge in [0.2, 0.25) is 0 Å². The molecule has 1 atom stereocenters. The predicted molar refractivity (Wildman–Crippen MR) is 123 cm³/mol. The number of nitrogens with zero attached hydrogens (tertiary/aromatic N) is 2. The fraction of sp³-hybridized carbons (Fsp3) is 0.160. The highest BCUT2D eigenvalue weighted by molar-refractivity contribution is 7.07. The van der Waals surface area contributed by atoms with Gasteiger partial charge in [-0.1, -0.05) is 53.8 Å². The quantitative estimate of drug-likeness (QED) is 0.451. The molecule has 0 spiro atoms. The van der Waals surface area contributed by atoms with E-state index in [2.05, 4.69) is 4.99 Å². The van der Waals surface area contributed by atoms with Crippen LogP contribution in [0.25, 0.3) is 16.8 Å². The van der Waals surface area contributed by atoms with Crippen molar-refractivity contribution >= 4 is 34.2 Å². The number of hydrogen-bond donors (Lipinski definition) is 0. The lowest BCUT2D eigenvalue weighted by Gasteiger charge is -2.25. The van der Waals surface area contributed by atoms with Crippen LogP contribution in [0, 0.1) is 0 Å². The molecule has 5 rings (SSSR count). The lowest BCUT2D eigenvalue weighted by molar-refractivity contribution is -0.139. The smallest absolute Gasteiger partial charge is 0.338 e. The maximum Gasteiger partial charge on any atom is 0.338 e. The molecule has 3 heterocycles. The van der Waals surface area contributed by atoms with Gasteiger partial charge in [-0.3, -0.25) is 9.36 Å². The Morgan fingerprint density at radius 1 is 1.19 bits per heavy atom. The van der Waals surface area contributed by atoms with Gasteiger partial charge in [0.05, 0.1) is 34.7 Å². The van der Waals surface area contributed by atoms with E-state index in [4.69, 9.17) is 9.15 Å². The van der Waals surface area contributed by atoms with Crippen LogP contribution in [0.4, 0.5) is 0 Å². The lowest BCUT2D eigenvalue weighted by Crippen LogP contribution is -2.40. The van der Waals surface area contributed by atoms with E-state index in [1.165, 1.54) is 11.3 Å². The lowest BCUT2D eigenvalue weighted by atomic mass is 9.91. The summed E-state index contributed by atoms with van der Waals surface area (Å²) in [5.41, 5.74) is 1.55. The number of ether oxygens (including phenoxy) is 1. The zero-order valence-electron chi connectivity index (χ0n) is 17.6. The maximum absolute atomic E-state index is 13.6. The van der Waals surface area contributed by atoms with Gasteiger partial charge in [-0.2, -0.15) is 0 Å². The van der Waals surface area contributed by atoms with Crippen LogP contribution in [0.2, 0.25) is 0 Å². The minimum Gasteiger partial charge on any atom is -0.465 e. The van der Waals surface area contributed by atoms with Gasteiger partial charge < -0.3 is 9.15 Å². The Hall–Kier alpha value is -3.71. The summed E-state index contributed by atoms with van der Waals surface area (Å²) >= 11 is 1.28. The predicted octanol–water partition coefficient (Wildman–Crippen LogP) is 3.54. The number of carbonyl (C=O) groups excluding carboxylic acids is 1. The Kier molecular flexibility index (Phi) is 5.11. The van der Waals surface area contributed by atoms with Gasteiger partial charge in [0.1, 0.15) is 5.76 Å². The third kappa shape index (κ3) is 3.31. The van der Waals surface area contributed by atoms with Gasteiger partial charge in [0, 0.05) is 6.08 Å². The van der Waals surface area contributed by atoms with E-state index in [0.717, 1.165) is 16.3 Å². The molecule has 32 heavy (non-hydrogen) atoms. The molecule has 4 aromatic rings. The molecule has 0 fully saturated rings. The Bertz CT molecular complexity index is 1540. The summed E-state index contributed by atoms with van der Waals surface area (Å²) in [5, 5.41) is 2.00. The van der Waals surface area contributed by atoms with Crippen molar-refractivity contribution in [1.82, 2.24) is 4.57 Å². The van der Waals surface area contributed by atoms with Crippen molar-refractivity contribution in [1.29, 1.82) is 0 Å². The molecule has 0 bridgehead atoms. The van der Waals surface area contributed by atoms with Crippen molar-refractivity contribution in [2.24, 2.45) is 4.99 Å². The van der Waals surface area contributed by atoms with Crippen molar-refractivity contribution in [2.45, 2.75) is 19.9 Å². The second-order valence-electron chi connectivity index (χ2n) is 7.39. The molecule has 7 heteroatoms. The highest BCUT2D eigenvalue weighted by Crippen LogP contribution is 2.34. The zero-order chi connectivity index (χ0) is 22.2. The van der Waals surface area contributed by atoms with Crippen LogP contribution in [0.1, 0.15) is 31.2 Å². The number of aromatic nitrogens is 1. The highest BCUT2D eigenvalue weighted by atomic mass is 32.1. The minimum absolute atomic E-state index is 0.225. The van der Waals surface area contributed by atoms with Gasteiger partial charge >= 0.3 is 5.97 Å².